The fourth-order valence-corrected chi connectivity index (χ4v) is 3.83. The molecule has 1 aromatic carbocycles. The first-order valence-electron chi connectivity index (χ1n) is 8.62. The lowest BCUT2D eigenvalue weighted by molar-refractivity contribution is 0.0696. The smallest absolute Gasteiger partial charge is 0.338 e. The summed E-state index contributed by atoms with van der Waals surface area (Å²) >= 11 is 0. The van der Waals surface area contributed by atoms with Gasteiger partial charge in [-0.1, -0.05) is 18.2 Å². The van der Waals surface area contributed by atoms with Crippen LogP contribution in [0.15, 0.2) is 24.3 Å². The second kappa shape index (κ2) is 7.36. The average molecular weight is 330 g/mol. The summed E-state index contributed by atoms with van der Waals surface area (Å²) in [6.07, 6.45) is 3.07. The fraction of sp³-hybridized carbons (Fsp3) is 0.526. The third-order valence-electron chi connectivity index (χ3n) is 5.24. The zero-order valence-corrected chi connectivity index (χ0v) is 14.5. The van der Waals surface area contributed by atoms with Crippen LogP contribution in [-0.2, 0) is 18.2 Å². The predicted octanol–water partition coefficient (Wildman–Crippen LogP) is 2.78. The molecule has 130 valence electrons. The van der Waals surface area contributed by atoms with Crippen LogP contribution < -0.4 is 0 Å². The highest BCUT2D eigenvalue weighted by Gasteiger charge is 2.25. The second-order valence-corrected chi connectivity index (χ2v) is 6.68. The van der Waals surface area contributed by atoms with E-state index < -0.39 is 5.97 Å². The van der Waals surface area contributed by atoms with Gasteiger partial charge >= 0.3 is 5.97 Å². The number of likely N-dealkylation sites (tertiary alicyclic amines) is 1. The van der Waals surface area contributed by atoms with E-state index in [-0.39, 0.29) is 0 Å². The minimum atomic E-state index is -0.820. The van der Waals surface area contributed by atoms with E-state index in [1.807, 2.05) is 31.3 Å². The Kier molecular flexibility index (Phi) is 5.21. The van der Waals surface area contributed by atoms with Crippen LogP contribution in [0.5, 0.6) is 0 Å². The molecule has 1 aliphatic rings. The SMILES string of the molecule is COCCN1CCC(Cc2c(C(=O)O)c3ccccc3n2C)CC1. The third kappa shape index (κ3) is 3.32. The molecule has 3 rings (SSSR count). The minimum Gasteiger partial charge on any atom is -0.478 e. The van der Waals surface area contributed by atoms with Gasteiger partial charge in [0.05, 0.1) is 12.2 Å². The summed E-state index contributed by atoms with van der Waals surface area (Å²) in [7, 11) is 3.72. The summed E-state index contributed by atoms with van der Waals surface area (Å²) in [4.78, 5) is 14.3. The maximum Gasteiger partial charge on any atom is 0.338 e. The van der Waals surface area contributed by atoms with Gasteiger partial charge in [-0.3, -0.25) is 0 Å². The summed E-state index contributed by atoms with van der Waals surface area (Å²) in [5.41, 5.74) is 2.44. The quantitative estimate of drug-likeness (QED) is 0.885. The summed E-state index contributed by atoms with van der Waals surface area (Å²) in [6.45, 7) is 3.90. The molecule has 1 N–H and O–H groups in total. The molecular weight excluding hydrogens is 304 g/mol. The van der Waals surface area contributed by atoms with Crippen LogP contribution in [0, 0.1) is 5.92 Å². The van der Waals surface area contributed by atoms with E-state index in [2.05, 4.69) is 9.47 Å². The summed E-state index contributed by atoms with van der Waals surface area (Å²) in [5.74, 6) is -0.274. The minimum absolute atomic E-state index is 0.481. The van der Waals surface area contributed by atoms with E-state index in [0.717, 1.165) is 62.1 Å². The van der Waals surface area contributed by atoms with Gasteiger partial charge < -0.3 is 19.3 Å². The molecule has 2 heterocycles. The molecule has 24 heavy (non-hydrogen) atoms. The number of benzene rings is 1. The van der Waals surface area contributed by atoms with Crippen molar-refractivity contribution < 1.29 is 14.6 Å². The lowest BCUT2D eigenvalue weighted by Crippen LogP contribution is -2.36. The van der Waals surface area contributed by atoms with E-state index in [1.165, 1.54) is 0 Å². The van der Waals surface area contributed by atoms with E-state index in [1.54, 1.807) is 7.11 Å². The number of ether oxygens (including phenoxy) is 1. The van der Waals surface area contributed by atoms with Crippen molar-refractivity contribution in [2.45, 2.75) is 19.3 Å². The van der Waals surface area contributed by atoms with Gasteiger partial charge in [0.15, 0.2) is 0 Å². The molecule has 0 unspecified atom stereocenters. The van der Waals surface area contributed by atoms with Gasteiger partial charge in [0.2, 0.25) is 0 Å². The zero-order chi connectivity index (χ0) is 17.1. The van der Waals surface area contributed by atoms with Crippen molar-refractivity contribution in [1.82, 2.24) is 9.47 Å². The maximum atomic E-state index is 11.8. The van der Waals surface area contributed by atoms with Crippen molar-refractivity contribution in [2.24, 2.45) is 13.0 Å². The van der Waals surface area contributed by atoms with Gasteiger partial charge in [0.1, 0.15) is 0 Å². The molecule has 1 saturated heterocycles. The Morgan fingerprint density at radius 2 is 2.00 bits per heavy atom. The molecule has 2 aromatic rings. The van der Waals surface area contributed by atoms with Crippen LogP contribution >= 0.6 is 0 Å². The molecule has 0 radical (unpaired) electrons. The van der Waals surface area contributed by atoms with Gasteiger partial charge in [-0.05, 0) is 44.3 Å². The summed E-state index contributed by atoms with van der Waals surface area (Å²) in [5, 5.41) is 10.6. The normalized spacial score (nSPS) is 16.8. The van der Waals surface area contributed by atoms with Crippen molar-refractivity contribution in [2.75, 3.05) is 33.4 Å². The molecule has 0 amide bonds. The molecule has 5 nitrogen and oxygen atoms in total. The Morgan fingerprint density at radius 1 is 1.29 bits per heavy atom. The number of carbonyl (C=O) groups is 1. The average Bonchev–Trinajstić information content (AvgIpc) is 2.87. The molecular formula is C19H26N2O3. The maximum absolute atomic E-state index is 11.8. The molecule has 0 saturated carbocycles. The standard InChI is InChI=1S/C19H26N2O3/c1-20-16-6-4-3-5-15(16)18(19(22)23)17(20)13-14-7-9-21(10-8-14)11-12-24-2/h3-6,14H,7-13H2,1-2H3,(H,22,23). The Bertz CT molecular complexity index is 715. The first-order valence-corrected chi connectivity index (χ1v) is 8.62. The van der Waals surface area contributed by atoms with Gasteiger partial charge in [0.25, 0.3) is 0 Å². The monoisotopic (exact) mass is 330 g/mol. The largest absolute Gasteiger partial charge is 0.478 e. The number of para-hydroxylation sites is 1. The van der Waals surface area contributed by atoms with Crippen LogP contribution in [-0.4, -0.2) is 53.9 Å². The second-order valence-electron chi connectivity index (χ2n) is 6.68. The lowest BCUT2D eigenvalue weighted by atomic mass is 9.91. The number of fused-ring (bicyclic) bond motifs is 1. The Morgan fingerprint density at radius 3 is 2.67 bits per heavy atom. The van der Waals surface area contributed by atoms with Crippen molar-refractivity contribution in [3.63, 3.8) is 0 Å². The zero-order valence-electron chi connectivity index (χ0n) is 14.5. The van der Waals surface area contributed by atoms with E-state index >= 15 is 0 Å². The van der Waals surface area contributed by atoms with Gasteiger partial charge in [-0.15, -0.1) is 0 Å². The predicted molar refractivity (Wildman–Crippen MR) is 94.6 cm³/mol. The number of methoxy groups -OCH3 is 1. The molecule has 0 atom stereocenters. The van der Waals surface area contributed by atoms with E-state index in [9.17, 15) is 9.90 Å². The fourth-order valence-electron chi connectivity index (χ4n) is 3.83. The highest BCUT2D eigenvalue weighted by atomic mass is 16.5. The number of rotatable bonds is 6. The number of carboxylic acid groups (broad SMARTS) is 1. The highest BCUT2D eigenvalue weighted by Crippen LogP contribution is 2.30. The number of aromatic carboxylic acids is 1. The van der Waals surface area contributed by atoms with Crippen LogP contribution in [0.1, 0.15) is 28.9 Å². The molecule has 0 aliphatic carbocycles. The van der Waals surface area contributed by atoms with Crippen molar-refractivity contribution in [3.8, 4) is 0 Å². The van der Waals surface area contributed by atoms with Crippen molar-refractivity contribution in [3.05, 3.63) is 35.5 Å². The van der Waals surface area contributed by atoms with E-state index in [4.69, 9.17) is 4.74 Å². The van der Waals surface area contributed by atoms with Gasteiger partial charge in [0, 0.05) is 37.3 Å². The molecule has 0 spiro atoms. The molecule has 5 heteroatoms. The number of nitrogens with zero attached hydrogens (tertiary/aromatic N) is 2. The first-order chi connectivity index (χ1) is 11.6. The number of hydrogen-bond acceptors (Lipinski definition) is 3. The Balaban J connectivity index is 1.77. The third-order valence-corrected chi connectivity index (χ3v) is 5.24. The van der Waals surface area contributed by atoms with Crippen LogP contribution in [0.3, 0.4) is 0 Å². The number of carboxylic acids is 1. The highest BCUT2D eigenvalue weighted by molar-refractivity contribution is 6.05. The molecule has 1 aromatic heterocycles. The summed E-state index contributed by atoms with van der Waals surface area (Å²) < 4.78 is 7.21. The Hall–Kier alpha value is -1.85. The van der Waals surface area contributed by atoms with Crippen LogP contribution in [0.4, 0.5) is 0 Å². The number of piperidine rings is 1. The van der Waals surface area contributed by atoms with E-state index in [0.29, 0.717) is 11.5 Å². The Labute approximate surface area is 142 Å². The molecule has 0 bridgehead atoms. The van der Waals surface area contributed by atoms with Crippen LogP contribution in [0.25, 0.3) is 10.9 Å². The number of aromatic nitrogens is 1. The van der Waals surface area contributed by atoms with Crippen LogP contribution in [0.2, 0.25) is 0 Å². The number of aryl methyl sites for hydroxylation is 1. The van der Waals surface area contributed by atoms with Crippen molar-refractivity contribution in [1.29, 1.82) is 0 Å². The van der Waals surface area contributed by atoms with Crippen molar-refractivity contribution >= 4 is 16.9 Å². The van der Waals surface area contributed by atoms with Gasteiger partial charge in [-0.2, -0.15) is 0 Å². The number of hydrogen-bond donors (Lipinski definition) is 1. The molecule has 1 fully saturated rings. The molecule has 1 aliphatic heterocycles. The van der Waals surface area contributed by atoms with Gasteiger partial charge in [-0.25, -0.2) is 4.79 Å². The topological polar surface area (TPSA) is 54.7 Å². The first kappa shape index (κ1) is 17.0. The lowest BCUT2D eigenvalue weighted by Gasteiger charge is -2.31. The summed E-state index contributed by atoms with van der Waals surface area (Å²) in [6, 6.07) is 7.78.